The van der Waals surface area contributed by atoms with E-state index in [1.807, 2.05) is 12.1 Å². The lowest BCUT2D eigenvalue weighted by molar-refractivity contribution is -0.121. The predicted molar refractivity (Wildman–Crippen MR) is 106 cm³/mol. The van der Waals surface area contributed by atoms with Crippen molar-refractivity contribution in [2.45, 2.75) is 19.4 Å². The first-order valence-corrected chi connectivity index (χ1v) is 9.33. The molecule has 8 nitrogen and oxygen atoms in total. The van der Waals surface area contributed by atoms with Crippen molar-refractivity contribution in [2.75, 3.05) is 6.79 Å². The number of nitrogens with zero attached hydrogens (tertiary/aromatic N) is 2. The van der Waals surface area contributed by atoms with Gasteiger partial charge in [-0.1, -0.05) is 29.8 Å². The van der Waals surface area contributed by atoms with Gasteiger partial charge in [-0.05, 0) is 29.8 Å². The Morgan fingerprint density at radius 1 is 1.14 bits per heavy atom. The number of aromatic amines is 1. The Labute approximate surface area is 170 Å². The summed E-state index contributed by atoms with van der Waals surface area (Å²) in [5, 5.41) is 11.3. The molecule has 0 radical (unpaired) electrons. The average molecular weight is 413 g/mol. The van der Waals surface area contributed by atoms with E-state index >= 15 is 0 Å². The first-order chi connectivity index (χ1) is 14.1. The Kier molecular flexibility index (Phi) is 5.44. The molecule has 0 atom stereocenters. The molecule has 3 aromatic rings. The molecule has 1 amide bonds. The molecule has 1 aliphatic heterocycles. The Balaban J connectivity index is 1.32. The first kappa shape index (κ1) is 18.9. The second kappa shape index (κ2) is 8.32. The topological polar surface area (TPSA) is 106 Å². The summed E-state index contributed by atoms with van der Waals surface area (Å²) in [6, 6.07) is 12.4. The number of amides is 1. The van der Waals surface area contributed by atoms with Crippen molar-refractivity contribution in [1.82, 2.24) is 20.5 Å². The molecule has 0 saturated carbocycles. The van der Waals surface area contributed by atoms with E-state index in [0.29, 0.717) is 34.5 Å². The van der Waals surface area contributed by atoms with E-state index < -0.39 is 0 Å². The number of fused-ring (bicyclic) bond motifs is 1. The maximum atomic E-state index is 12.3. The van der Waals surface area contributed by atoms with Crippen LogP contribution in [0.25, 0.3) is 11.4 Å². The number of nitrogens with one attached hydrogen (secondary N) is 2. The highest BCUT2D eigenvalue weighted by molar-refractivity contribution is 6.30. The highest BCUT2D eigenvalue weighted by Gasteiger charge is 2.14. The maximum Gasteiger partial charge on any atom is 0.273 e. The Hall–Kier alpha value is -3.39. The number of rotatable bonds is 6. The summed E-state index contributed by atoms with van der Waals surface area (Å²) in [6.07, 6.45) is 0.309. The van der Waals surface area contributed by atoms with Gasteiger partial charge < -0.3 is 19.8 Å². The van der Waals surface area contributed by atoms with Gasteiger partial charge in [-0.25, -0.2) is 0 Å². The second-order valence-corrected chi connectivity index (χ2v) is 6.86. The Morgan fingerprint density at radius 2 is 2.00 bits per heavy atom. The summed E-state index contributed by atoms with van der Waals surface area (Å²) in [6.45, 7) is 0.558. The molecule has 0 saturated heterocycles. The molecule has 9 heteroatoms. The van der Waals surface area contributed by atoms with E-state index in [1.54, 1.807) is 30.3 Å². The highest BCUT2D eigenvalue weighted by Crippen LogP contribution is 2.32. The summed E-state index contributed by atoms with van der Waals surface area (Å²) >= 11 is 5.95. The van der Waals surface area contributed by atoms with Crippen LogP contribution in [0.3, 0.4) is 0 Å². The predicted octanol–water partition coefficient (Wildman–Crippen LogP) is 2.46. The molecular formula is C20H17ClN4O4. The van der Waals surface area contributed by atoms with Gasteiger partial charge >= 0.3 is 0 Å². The van der Waals surface area contributed by atoms with E-state index in [-0.39, 0.29) is 36.8 Å². The van der Waals surface area contributed by atoms with E-state index in [9.17, 15) is 9.59 Å². The SMILES string of the molecule is O=C(CCc1nnc(-c2cccc(Cl)c2)[nH]c1=O)NCc1ccc2c(c1)OCO2. The molecule has 0 unspecified atom stereocenters. The number of hydrogen-bond acceptors (Lipinski definition) is 6. The highest BCUT2D eigenvalue weighted by atomic mass is 35.5. The number of aromatic nitrogens is 3. The number of halogens is 1. The number of aryl methyl sites for hydroxylation is 1. The van der Waals surface area contributed by atoms with Crippen LogP contribution in [-0.2, 0) is 17.8 Å². The van der Waals surface area contributed by atoms with Crippen molar-refractivity contribution in [2.24, 2.45) is 0 Å². The number of hydrogen-bond donors (Lipinski definition) is 2. The number of carbonyl (C=O) groups excluding carboxylic acids is 1. The van der Waals surface area contributed by atoms with Crippen LogP contribution in [0.5, 0.6) is 11.5 Å². The second-order valence-electron chi connectivity index (χ2n) is 6.42. The van der Waals surface area contributed by atoms with Crippen molar-refractivity contribution >= 4 is 17.5 Å². The smallest absolute Gasteiger partial charge is 0.273 e. The fraction of sp³-hybridized carbons (Fsp3) is 0.200. The third-order valence-electron chi connectivity index (χ3n) is 4.38. The summed E-state index contributed by atoms with van der Waals surface area (Å²) in [5.41, 5.74) is 1.38. The Bertz CT molecular complexity index is 1120. The van der Waals surface area contributed by atoms with Gasteiger partial charge in [0.15, 0.2) is 17.3 Å². The lowest BCUT2D eigenvalue weighted by atomic mass is 10.2. The third kappa shape index (κ3) is 4.55. The molecule has 0 bridgehead atoms. The third-order valence-corrected chi connectivity index (χ3v) is 4.61. The van der Waals surface area contributed by atoms with Gasteiger partial charge in [0.2, 0.25) is 12.7 Å². The largest absolute Gasteiger partial charge is 0.454 e. The summed E-state index contributed by atoms with van der Waals surface area (Å²) in [5.74, 6) is 1.49. The molecule has 2 heterocycles. The van der Waals surface area contributed by atoms with Gasteiger partial charge in [-0.3, -0.25) is 9.59 Å². The molecule has 4 rings (SSSR count). The fourth-order valence-corrected chi connectivity index (χ4v) is 3.05. The first-order valence-electron chi connectivity index (χ1n) is 8.95. The van der Waals surface area contributed by atoms with Crippen LogP contribution in [-0.4, -0.2) is 27.9 Å². The minimum Gasteiger partial charge on any atom is -0.454 e. The van der Waals surface area contributed by atoms with Crippen molar-refractivity contribution in [3.8, 4) is 22.9 Å². The molecule has 29 heavy (non-hydrogen) atoms. The van der Waals surface area contributed by atoms with Gasteiger partial charge in [0, 0.05) is 30.0 Å². The van der Waals surface area contributed by atoms with Crippen LogP contribution >= 0.6 is 11.6 Å². The molecule has 1 aliphatic rings. The van der Waals surface area contributed by atoms with Gasteiger partial charge in [0.05, 0.1) is 0 Å². The fourth-order valence-electron chi connectivity index (χ4n) is 2.86. The number of H-pyrrole nitrogens is 1. The lowest BCUT2D eigenvalue weighted by Crippen LogP contribution is -2.25. The molecule has 1 aromatic heterocycles. The maximum absolute atomic E-state index is 12.3. The van der Waals surface area contributed by atoms with Gasteiger partial charge in [0.25, 0.3) is 5.56 Å². The number of carbonyl (C=O) groups is 1. The average Bonchev–Trinajstić information content (AvgIpc) is 3.19. The molecule has 0 fully saturated rings. The summed E-state index contributed by atoms with van der Waals surface area (Å²) in [4.78, 5) is 27.0. The zero-order chi connectivity index (χ0) is 20.2. The number of ether oxygens (including phenoxy) is 2. The van der Waals surface area contributed by atoms with Crippen LogP contribution in [0.2, 0.25) is 5.02 Å². The number of benzene rings is 2. The van der Waals surface area contributed by atoms with Crippen molar-refractivity contribution < 1.29 is 14.3 Å². The zero-order valence-electron chi connectivity index (χ0n) is 15.3. The van der Waals surface area contributed by atoms with Crippen molar-refractivity contribution in [3.63, 3.8) is 0 Å². The standard InChI is InChI=1S/C20H17ClN4O4/c21-14-3-1-2-13(9-14)19-23-20(27)15(24-25-19)5-7-18(26)22-10-12-4-6-16-17(8-12)29-11-28-16/h1-4,6,8-9H,5,7,10-11H2,(H,22,26)(H,23,25,27). The van der Waals surface area contributed by atoms with Gasteiger partial charge in [-0.2, -0.15) is 0 Å². The van der Waals surface area contributed by atoms with Crippen molar-refractivity contribution in [3.05, 3.63) is 69.1 Å². The van der Waals surface area contributed by atoms with Crippen LogP contribution in [0.1, 0.15) is 17.7 Å². The lowest BCUT2D eigenvalue weighted by Gasteiger charge is -2.06. The van der Waals surface area contributed by atoms with E-state index in [1.165, 1.54) is 0 Å². The molecule has 2 aromatic carbocycles. The molecule has 148 valence electrons. The molecule has 0 spiro atoms. The quantitative estimate of drug-likeness (QED) is 0.644. The van der Waals surface area contributed by atoms with Crippen LogP contribution in [0.15, 0.2) is 47.3 Å². The minimum absolute atomic E-state index is 0.124. The molecule has 0 aliphatic carbocycles. The van der Waals surface area contributed by atoms with E-state index in [0.717, 1.165) is 5.56 Å². The normalized spacial score (nSPS) is 12.0. The van der Waals surface area contributed by atoms with E-state index in [2.05, 4.69) is 20.5 Å². The summed E-state index contributed by atoms with van der Waals surface area (Å²) in [7, 11) is 0. The van der Waals surface area contributed by atoms with Gasteiger partial charge in [0.1, 0.15) is 5.69 Å². The van der Waals surface area contributed by atoms with Crippen LogP contribution in [0.4, 0.5) is 0 Å². The van der Waals surface area contributed by atoms with Crippen molar-refractivity contribution in [1.29, 1.82) is 0 Å². The zero-order valence-corrected chi connectivity index (χ0v) is 16.0. The van der Waals surface area contributed by atoms with E-state index in [4.69, 9.17) is 21.1 Å². The minimum atomic E-state index is -0.376. The monoisotopic (exact) mass is 412 g/mol. The summed E-state index contributed by atoms with van der Waals surface area (Å²) < 4.78 is 10.6. The van der Waals surface area contributed by atoms with Crippen LogP contribution in [0, 0.1) is 0 Å². The van der Waals surface area contributed by atoms with Crippen LogP contribution < -0.4 is 20.3 Å². The van der Waals surface area contributed by atoms with Gasteiger partial charge in [-0.15, -0.1) is 10.2 Å². The molecule has 2 N–H and O–H groups in total. The molecular weight excluding hydrogens is 396 g/mol. The Morgan fingerprint density at radius 3 is 2.83 bits per heavy atom.